The molecule has 1 saturated heterocycles. The summed E-state index contributed by atoms with van der Waals surface area (Å²) in [6, 6.07) is 8.17. The summed E-state index contributed by atoms with van der Waals surface area (Å²) in [6.07, 6.45) is 6.33. The second-order valence-electron chi connectivity index (χ2n) is 7.60. The van der Waals surface area contributed by atoms with Crippen molar-refractivity contribution in [1.82, 2.24) is 29.9 Å². The molecule has 2 fully saturated rings. The third-order valence-corrected chi connectivity index (χ3v) is 5.80. The predicted octanol–water partition coefficient (Wildman–Crippen LogP) is 2.17. The summed E-state index contributed by atoms with van der Waals surface area (Å²) in [7, 11) is 1.64. The molecule has 3 aromatic rings. The number of nitrogens with zero attached hydrogens (tertiary/aromatic N) is 6. The fourth-order valence-electron chi connectivity index (χ4n) is 4.30. The fourth-order valence-corrected chi connectivity index (χ4v) is 4.30. The van der Waals surface area contributed by atoms with Crippen LogP contribution in [-0.2, 0) is 4.79 Å². The van der Waals surface area contributed by atoms with E-state index in [1.165, 1.54) is 0 Å². The van der Waals surface area contributed by atoms with Crippen molar-refractivity contribution in [3.8, 4) is 11.4 Å². The van der Waals surface area contributed by atoms with E-state index in [0.29, 0.717) is 35.5 Å². The quantitative estimate of drug-likeness (QED) is 0.709. The van der Waals surface area contributed by atoms with Crippen molar-refractivity contribution >= 4 is 23.0 Å². The lowest BCUT2D eigenvalue weighted by atomic mass is 10.2. The molecule has 3 heterocycles. The van der Waals surface area contributed by atoms with Gasteiger partial charge in [-0.3, -0.25) is 4.79 Å². The Bertz CT molecular complexity index is 1030. The van der Waals surface area contributed by atoms with Crippen LogP contribution in [-0.4, -0.2) is 61.5 Å². The third kappa shape index (κ3) is 3.37. The number of hydrogen-bond acceptors (Lipinski definition) is 7. The van der Waals surface area contributed by atoms with E-state index in [0.717, 1.165) is 43.7 Å². The van der Waals surface area contributed by atoms with Crippen LogP contribution in [0.4, 0.5) is 5.95 Å². The van der Waals surface area contributed by atoms with Crippen molar-refractivity contribution in [2.24, 2.45) is 0 Å². The van der Waals surface area contributed by atoms with Crippen molar-refractivity contribution in [2.75, 3.05) is 19.0 Å². The van der Waals surface area contributed by atoms with E-state index >= 15 is 0 Å². The van der Waals surface area contributed by atoms with Gasteiger partial charge in [0.25, 0.3) is 0 Å². The molecule has 9 nitrogen and oxygen atoms in total. The largest absolute Gasteiger partial charge is 0.497 e. The van der Waals surface area contributed by atoms with Crippen LogP contribution < -0.4 is 10.1 Å². The third-order valence-electron chi connectivity index (χ3n) is 5.80. The minimum absolute atomic E-state index is 0.260. The molecular formula is C20H23N7O2. The van der Waals surface area contributed by atoms with Crippen LogP contribution in [0.2, 0.25) is 0 Å². The van der Waals surface area contributed by atoms with E-state index < -0.39 is 0 Å². The Balaban J connectivity index is 1.34. The van der Waals surface area contributed by atoms with Gasteiger partial charge in [0.2, 0.25) is 11.9 Å². The highest BCUT2D eigenvalue weighted by molar-refractivity contribution is 5.78. The number of ether oxygens (including phenoxy) is 1. The van der Waals surface area contributed by atoms with Gasteiger partial charge in [0, 0.05) is 25.0 Å². The Morgan fingerprint density at radius 3 is 2.83 bits per heavy atom. The minimum atomic E-state index is 0.260. The lowest BCUT2D eigenvalue weighted by molar-refractivity contribution is -0.129. The summed E-state index contributed by atoms with van der Waals surface area (Å²) in [6.45, 7) is 0.894. The molecule has 0 bridgehead atoms. The maximum absolute atomic E-state index is 12.0. The number of fused-ring (bicyclic) bond motifs is 1. The van der Waals surface area contributed by atoms with Gasteiger partial charge >= 0.3 is 0 Å². The second-order valence-corrected chi connectivity index (χ2v) is 7.60. The molecule has 1 aliphatic heterocycles. The van der Waals surface area contributed by atoms with Crippen molar-refractivity contribution in [3.63, 3.8) is 0 Å². The standard InChI is InChI=1S/C20H23N7O2/c1-29-16-8-6-14(7-9-16)27-19-17(24-25-27)12-21-20(23-19)22-13-4-5-15(11-13)26-10-2-3-18(26)28/h6-9,12-13,15H,2-5,10-11H2,1H3,(H,21,22,23)/t13-,15-/m1/s1. The Hall–Kier alpha value is -3.23. The molecule has 1 N–H and O–H groups in total. The van der Waals surface area contributed by atoms with Crippen molar-refractivity contribution in [3.05, 3.63) is 30.5 Å². The highest BCUT2D eigenvalue weighted by atomic mass is 16.5. The van der Waals surface area contributed by atoms with E-state index in [-0.39, 0.29) is 6.04 Å². The molecule has 1 aromatic carbocycles. The molecule has 1 saturated carbocycles. The van der Waals surface area contributed by atoms with Gasteiger partial charge in [-0.15, -0.1) is 5.10 Å². The topological polar surface area (TPSA) is 98.1 Å². The lowest BCUT2D eigenvalue weighted by Crippen LogP contribution is -2.35. The summed E-state index contributed by atoms with van der Waals surface area (Å²) in [5.74, 6) is 1.64. The Labute approximate surface area is 168 Å². The van der Waals surface area contributed by atoms with E-state index in [1.54, 1.807) is 18.0 Å². The van der Waals surface area contributed by atoms with Crippen LogP contribution in [0.25, 0.3) is 16.9 Å². The zero-order chi connectivity index (χ0) is 19.8. The smallest absolute Gasteiger partial charge is 0.225 e. The van der Waals surface area contributed by atoms with E-state index in [2.05, 4.69) is 30.5 Å². The number of hydrogen-bond donors (Lipinski definition) is 1. The van der Waals surface area contributed by atoms with E-state index in [1.807, 2.05) is 24.3 Å². The highest BCUT2D eigenvalue weighted by Gasteiger charge is 2.34. The first-order valence-corrected chi connectivity index (χ1v) is 10.00. The second kappa shape index (κ2) is 7.31. The number of carbonyl (C=O) groups is 1. The van der Waals surface area contributed by atoms with Crippen LogP contribution >= 0.6 is 0 Å². The summed E-state index contributed by atoms with van der Waals surface area (Å²) in [4.78, 5) is 23.1. The van der Waals surface area contributed by atoms with Gasteiger partial charge in [-0.2, -0.15) is 9.67 Å². The average molecular weight is 393 g/mol. The number of amides is 1. The van der Waals surface area contributed by atoms with Gasteiger partial charge in [-0.1, -0.05) is 5.21 Å². The van der Waals surface area contributed by atoms with Gasteiger partial charge in [0.05, 0.1) is 19.0 Å². The number of likely N-dealkylation sites (tertiary alicyclic amines) is 1. The van der Waals surface area contributed by atoms with Crippen LogP contribution in [0.3, 0.4) is 0 Å². The SMILES string of the molecule is COc1ccc(-n2nnc3cnc(N[C@@H]4CC[C@@H](N5CCCC5=O)C4)nc32)cc1. The number of anilines is 1. The highest BCUT2D eigenvalue weighted by Crippen LogP contribution is 2.29. The number of aromatic nitrogens is 5. The van der Waals surface area contributed by atoms with Gasteiger partial charge in [-0.25, -0.2) is 4.98 Å². The average Bonchev–Trinajstić information content (AvgIpc) is 3.47. The van der Waals surface area contributed by atoms with Crippen molar-refractivity contribution in [1.29, 1.82) is 0 Å². The first kappa shape index (κ1) is 17.8. The van der Waals surface area contributed by atoms with Gasteiger partial charge in [0.1, 0.15) is 5.75 Å². The van der Waals surface area contributed by atoms with Crippen LogP contribution in [0.15, 0.2) is 30.5 Å². The zero-order valence-corrected chi connectivity index (χ0v) is 16.3. The van der Waals surface area contributed by atoms with Crippen molar-refractivity contribution in [2.45, 2.75) is 44.2 Å². The first-order valence-electron chi connectivity index (χ1n) is 10.00. The number of rotatable bonds is 5. The van der Waals surface area contributed by atoms with Gasteiger partial charge in [0.15, 0.2) is 11.2 Å². The van der Waals surface area contributed by atoms with E-state index in [4.69, 9.17) is 4.74 Å². The monoisotopic (exact) mass is 393 g/mol. The summed E-state index contributed by atoms with van der Waals surface area (Å²) >= 11 is 0. The molecule has 5 rings (SSSR count). The molecule has 0 unspecified atom stereocenters. The fraction of sp³-hybridized carbons (Fsp3) is 0.450. The molecular weight excluding hydrogens is 370 g/mol. The Morgan fingerprint density at radius 2 is 2.07 bits per heavy atom. The summed E-state index contributed by atoms with van der Waals surface area (Å²) < 4.78 is 6.91. The molecule has 150 valence electrons. The minimum Gasteiger partial charge on any atom is -0.497 e. The van der Waals surface area contributed by atoms with Gasteiger partial charge in [-0.05, 0) is 49.9 Å². The number of nitrogens with one attached hydrogen (secondary N) is 1. The predicted molar refractivity (Wildman–Crippen MR) is 107 cm³/mol. The van der Waals surface area contributed by atoms with Crippen LogP contribution in [0.1, 0.15) is 32.1 Å². The normalized spacial score (nSPS) is 21.8. The molecule has 9 heteroatoms. The summed E-state index contributed by atoms with van der Waals surface area (Å²) in [5, 5.41) is 11.8. The maximum atomic E-state index is 12.0. The molecule has 0 radical (unpaired) electrons. The lowest BCUT2D eigenvalue weighted by Gasteiger charge is -2.23. The molecule has 2 aromatic heterocycles. The van der Waals surface area contributed by atoms with Crippen LogP contribution in [0.5, 0.6) is 5.75 Å². The maximum Gasteiger partial charge on any atom is 0.225 e. The van der Waals surface area contributed by atoms with E-state index in [9.17, 15) is 4.79 Å². The number of benzene rings is 1. The number of carbonyl (C=O) groups excluding carboxylic acids is 1. The zero-order valence-electron chi connectivity index (χ0n) is 16.3. The van der Waals surface area contributed by atoms with Crippen LogP contribution in [0, 0.1) is 0 Å². The molecule has 2 aliphatic rings. The molecule has 2 atom stereocenters. The molecule has 29 heavy (non-hydrogen) atoms. The summed E-state index contributed by atoms with van der Waals surface area (Å²) in [5.41, 5.74) is 2.14. The Kier molecular flexibility index (Phi) is 4.49. The molecule has 1 amide bonds. The van der Waals surface area contributed by atoms with Crippen molar-refractivity contribution < 1.29 is 9.53 Å². The number of methoxy groups -OCH3 is 1. The molecule has 0 spiro atoms. The molecule has 1 aliphatic carbocycles. The van der Waals surface area contributed by atoms with Gasteiger partial charge < -0.3 is 15.0 Å². The Morgan fingerprint density at radius 1 is 1.21 bits per heavy atom. The first-order chi connectivity index (χ1) is 14.2.